The van der Waals surface area contributed by atoms with Gasteiger partial charge in [-0.25, -0.2) is 0 Å². The highest BCUT2D eigenvalue weighted by Crippen LogP contribution is 2.49. The summed E-state index contributed by atoms with van der Waals surface area (Å²) in [5, 5.41) is -0.248. The van der Waals surface area contributed by atoms with Gasteiger partial charge in [0.15, 0.2) is 5.78 Å². The van der Waals surface area contributed by atoms with Crippen LogP contribution in [0.5, 0.6) is 0 Å². The minimum Gasteiger partial charge on any atom is -0.297 e. The fourth-order valence-corrected chi connectivity index (χ4v) is 1.48. The van der Waals surface area contributed by atoms with Crippen molar-refractivity contribution >= 4 is 29.0 Å². The van der Waals surface area contributed by atoms with E-state index < -0.39 is 4.87 Å². The molecule has 52 valence electrons. The van der Waals surface area contributed by atoms with Gasteiger partial charge in [-0.2, -0.15) is 0 Å². The molecule has 9 heavy (non-hydrogen) atoms. The van der Waals surface area contributed by atoms with Crippen molar-refractivity contribution < 1.29 is 4.79 Å². The van der Waals surface area contributed by atoms with Gasteiger partial charge in [-0.15, -0.1) is 23.2 Å². The lowest BCUT2D eigenvalue weighted by Crippen LogP contribution is -2.16. The number of hydrogen-bond acceptors (Lipinski definition) is 1. The van der Waals surface area contributed by atoms with Crippen LogP contribution in [0, 0.1) is 5.92 Å². The molecule has 1 aliphatic rings. The van der Waals surface area contributed by atoms with E-state index in [4.69, 9.17) is 23.2 Å². The summed E-state index contributed by atoms with van der Waals surface area (Å²) in [6.45, 7) is 3.55. The largest absolute Gasteiger partial charge is 0.297 e. The van der Waals surface area contributed by atoms with Gasteiger partial charge in [-0.05, 0) is 6.92 Å². The lowest BCUT2D eigenvalue weighted by Gasteiger charge is -2.04. The quantitative estimate of drug-likeness (QED) is 0.544. The van der Waals surface area contributed by atoms with E-state index in [0.717, 1.165) is 0 Å². The Hall–Kier alpha value is 0.250. The summed E-state index contributed by atoms with van der Waals surface area (Å²) >= 11 is 11.5. The molecule has 1 nitrogen and oxygen atoms in total. The van der Waals surface area contributed by atoms with Gasteiger partial charge in [-0.3, -0.25) is 4.79 Å². The van der Waals surface area contributed by atoms with E-state index in [1.165, 1.54) is 0 Å². The van der Waals surface area contributed by atoms with Crippen LogP contribution in [-0.2, 0) is 4.79 Å². The highest BCUT2D eigenvalue weighted by atomic mass is 35.5. The summed E-state index contributed by atoms with van der Waals surface area (Å²) in [5.74, 6) is 0.0262. The third-order valence-corrected chi connectivity index (χ3v) is 3.19. The summed E-state index contributed by atoms with van der Waals surface area (Å²) in [7, 11) is 0. The van der Waals surface area contributed by atoms with Gasteiger partial charge < -0.3 is 0 Å². The van der Waals surface area contributed by atoms with Crippen molar-refractivity contribution in [3.05, 3.63) is 0 Å². The molecule has 0 aliphatic heterocycles. The topological polar surface area (TPSA) is 17.1 Å². The lowest BCUT2D eigenvalue weighted by atomic mass is 10.2. The van der Waals surface area contributed by atoms with Crippen LogP contribution in [0.4, 0.5) is 0 Å². The zero-order chi connectivity index (χ0) is 7.23. The molecule has 0 N–H and O–H groups in total. The van der Waals surface area contributed by atoms with Crippen LogP contribution in [0.15, 0.2) is 0 Å². The molecule has 0 amide bonds. The van der Waals surface area contributed by atoms with Crippen molar-refractivity contribution in [2.45, 2.75) is 24.1 Å². The first-order chi connectivity index (χ1) is 4.01. The van der Waals surface area contributed by atoms with Crippen LogP contribution < -0.4 is 0 Å². The molecule has 0 bridgehead atoms. The minimum atomic E-state index is -0.735. The monoisotopic (exact) mass is 166 g/mol. The van der Waals surface area contributed by atoms with Crippen molar-refractivity contribution in [2.24, 2.45) is 5.92 Å². The van der Waals surface area contributed by atoms with Gasteiger partial charge in [-0.1, -0.05) is 6.92 Å². The van der Waals surface area contributed by atoms with E-state index in [-0.39, 0.29) is 17.1 Å². The number of carbonyl (C=O) groups excluding carboxylic acids is 1. The molecule has 1 fully saturated rings. The van der Waals surface area contributed by atoms with Gasteiger partial charge in [0.25, 0.3) is 0 Å². The molecule has 3 unspecified atom stereocenters. The second kappa shape index (κ2) is 1.86. The number of rotatable bonds is 1. The number of halogens is 2. The summed E-state index contributed by atoms with van der Waals surface area (Å²) in [5.41, 5.74) is 0. The third kappa shape index (κ3) is 0.786. The highest BCUT2D eigenvalue weighted by Gasteiger charge is 2.63. The fourth-order valence-electron chi connectivity index (χ4n) is 0.975. The molecule has 0 saturated heterocycles. The van der Waals surface area contributed by atoms with E-state index in [2.05, 4.69) is 0 Å². The molecule has 0 spiro atoms. The Bertz CT molecular complexity index is 155. The Labute approximate surface area is 64.3 Å². The molecule has 1 saturated carbocycles. The van der Waals surface area contributed by atoms with Crippen molar-refractivity contribution in [1.29, 1.82) is 0 Å². The summed E-state index contributed by atoms with van der Waals surface area (Å²) in [6, 6.07) is 0. The second-order valence-electron chi connectivity index (χ2n) is 2.47. The normalized spacial score (nSPS) is 44.9. The standard InChI is InChI=1S/C6H8Cl2O/c1-3-5(9)6(3,8)4(2)7/h3-4H,1-2H3. The number of Topliss-reactive ketones (excluding diaryl/α,β-unsaturated/α-hetero) is 1. The zero-order valence-electron chi connectivity index (χ0n) is 5.32. The molecular weight excluding hydrogens is 159 g/mol. The van der Waals surface area contributed by atoms with Gasteiger partial charge in [0, 0.05) is 5.92 Å². The Kier molecular flexibility index (Phi) is 1.52. The Balaban J connectivity index is 2.71. The molecule has 0 aromatic carbocycles. The van der Waals surface area contributed by atoms with Crippen LogP contribution in [0.25, 0.3) is 0 Å². The predicted octanol–water partition coefficient (Wildman–Crippen LogP) is 1.81. The molecule has 3 atom stereocenters. The van der Waals surface area contributed by atoms with Gasteiger partial charge in [0.05, 0.1) is 5.38 Å². The minimum absolute atomic E-state index is 0.0494. The summed E-state index contributed by atoms with van der Waals surface area (Å²) < 4.78 is 0. The Morgan fingerprint density at radius 3 is 2.11 bits per heavy atom. The van der Waals surface area contributed by atoms with E-state index in [1.807, 2.05) is 0 Å². The number of carbonyl (C=O) groups is 1. The van der Waals surface area contributed by atoms with Crippen LogP contribution in [0.2, 0.25) is 0 Å². The highest BCUT2D eigenvalue weighted by molar-refractivity contribution is 6.49. The maximum atomic E-state index is 10.8. The first-order valence-corrected chi connectivity index (χ1v) is 3.70. The Morgan fingerprint density at radius 2 is 2.11 bits per heavy atom. The lowest BCUT2D eigenvalue weighted by molar-refractivity contribution is -0.111. The zero-order valence-corrected chi connectivity index (χ0v) is 6.83. The Morgan fingerprint density at radius 1 is 1.78 bits per heavy atom. The van der Waals surface area contributed by atoms with E-state index in [1.54, 1.807) is 13.8 Å². The van der Waals surface area contributed by atoms with Crippen molar-refractivity contribution in [3.63, 3.8) is 0 Å². The SMILES string of the molecule is CC(Cl)C1(Cl)C(=O)C1C. The van der Waals surface area contributed by atoms with E-state index in [0.29, 0.717) is 0 Å². The first-order valence-electron chi connectivity index (χ1n) is 2.88. The van der Waals surface area contributed by atoms with E-state index in [9.17, 15) is 4.79 Å². The van der Waals surface area contributed by atoms with Crippen molar-refractivity contribution in [2.75, 3.05) is 0 Å². The van der Waals surface area contributed by atoms with Crippen molar-refractivity contribution in [1.82, 2.24) is 0 Å². The maximum Gasteiger partial charge on any atom is 0.161 e. The molecule has 0 heterocycles. The van der Waals surface area contributed by atoms with Gasteiger partial charge >= 0.3 is 0 Å². The van der Waals surface area contributed by atoms with Crippen LogP contribution in [0.1, 0.15) is 13.8 Å². The van der Waals surface area contributed by atoms with Crippen molar-refractivity contribution in [3.8, 4) is 0 Å². The first kappa shape index (κ1) is 7.36. The molecule has 1 aliphatic carbocycles. The third-order valence-electron chi connectivity index (χ3n) is 1.90. The molecule has 0 aromatic rings. The fraction of sp³-hybridized carbons (Fsp3) is 0.833. The summed E-state index contributed by atoms with van der Waals surface area (Å²) in [6.07, 6.45) is 0. The molecule has 0 radical (unpaired) electrons. The summed E-state index contributed by atoms with van der Waals surface area (Å²) in [4.78, 5) is 10.0. The average molecular weight is 167 g/mol. The average Bonchev–Trinajstić information content (AvgIpc) is 2.22. The van der Waals surface area contributed by atoms with Crippen LogP contribution >= 0.6 is 23.2 Å². The van der Waals surface area contributed by atoms with Crippen LogP contribution in [-0.4, -0.2) is 16.0 Å². The smallest absolute Gasteiger partial charge is 0.161 e. The number of hydrogen-bond donors (Lipinski definition) is 0. The van der Waals surface area contributed by atoms with E-state index >= 15 is 0 Å². The molecule has 0 aromatic heterocycles. The molecular formula is C6H8Cl2O. The number of ketones is 1. The van der Waals surface area contributed by atoms with Gasteiger partial charge in [0.2, 0.25) is 0 Å². The molecule has 3 heteroatoms. The second-order valence-corrected chi connectivity index (χ2v) is 3.75. The number of alkyl halides is 2. The van der Waals surface area contributed by atoms with Gasteiger partial charge in [0.1, 0.15) is 4.87 Å². The maximum absolute atomic E-state index is 10.8. The molecule has 1 rings (SSSR count). The predicted molar refractivity (Wildman–Crippen MR) is 38.1 cm³/mol. The van der Waals surface area contributed by atoms with Crippen LogP contribution in [0.3, 0.4) is 0 Å².